The Morgan fingerprint density at radius 1 is 1.17 bits per heavy atom. The number of fused-ring (bicyclic) bond motifs is 2. The minimum absolute atomic E-state index is 0.0987. The van der Waals surface area contributed by atoms with E-state index in [4.69, 9.17) is 33.7 Å². The second-order valence-corrected chi connectivity index (χ2v) is 10.3. The first kappa shape index (κ1) is 23.7. The van der Waals surface area contributed by atoms with E-state index in [0.717, 1.165) is 21.0 Å². The number of nitrogens with two attached hydrogens (primary N) is 1. The van der Waals surface area contributed by atoms with Crippen LogP contribution in [0.4, 0.5) is 5.82 Å². The molecule has 1 fully saturated rings. The predicted octanol–water partition coefficient (Wildman–Crippen LogP) is 4.23. The Balaban J connectivity index is 1.37. The van der Waals surface area contributed by atoms with E-state index in [1.165, 1.54) is 24.8 Å². The summed E-state index contributed by atoms with van der Waals surface area (Å²) in [5.41, 5.74) is 8.02. The number of hydrogen-bond donors (Lipinski definition) is 1. The van der Waals surface area contributed by atoms with Crippen LogP contribution in [-0.2, 0) is 16.1 Å². The lowest BCUT2D eigenvalue weighted by atomic mass is 10.1. The van der Waals surface area contributed by atoms with Gasteiger partial charge in [0.1, 0.15) is 22.5 Å². The topological polar surface area (TPSA) is 102 Å². The van der Waals surface area contributed by atoms with Crippen LogP contribution in [0.25, 0.3) is 21.0 Å². The summed E-state index contributed by atoms with van der Waals surface area (Å²) in [5, 5.41) is 2.05. The minimum Gasteiger partial charge on any atom is -0.383 e. The van der Waals surface area contributed by atoms with Crippen molar-refractivity contribution < 1.29 is 14.3 Å². The number of piperazine rings is 1. The molecule has 2 aromatic heterocycles. The number of nitrogen functional groups attached to an aromatic ring is 1. The molecular weight excluding hydrogens is 509 g/mol. The second-order valence-electron chi connectivity index (χ2n) is 8.24. The quantitative estimate of drug-likeness (QED) is 0.415. The first-order valence-electron chi connectivity index (χ1n) is 10.8. The third kappa shape index (κ3) is 4.40. The molecule has 1 aliphatic heterocycles. The molecule has 0 radical (unpaired) electrons. The van der Waals surface area contributed by atoms with Gasteiger partial charge in [-0.15, -0.1) is 11.3 Å². The minimum atomic E-state index is -0.731. The van der Waals surface area contributed by atoms with Crippen LogP contribution in [0.5, 0.6) is 0 Å². The molecule has 1 atom stereocenters. The number of methoxy groups -OCH3 is 1. The molecule has 5 rings (SSSR count). The molecule has 180 valence electrons. The number of hydrogen-bond acceptors (Lipinski definition) is 7. The van der Waals surface area contributed by atoms with Crippen LogP contribution in [0.2, 0.25) is 9.36 Å². The van der Waals surface area contributed by atoms with Crippen molar-refractivity contribution in [2.24, 2.45) is 0 Å². The van der Waals surface area contributed by atoms with Crippen LogP contribution in [0, 0.1) is 0 Å². The second kappa shape index (κ2) is 9.58. The Bertz CT molecular complexity index is 1460. The molecule has 0 unspecified atom stereocenters. The summed E-state index contributed by atoms with van der Waals surface area (Å²) in [7, 11) is 1.52. The zero-order chi connectivity index (χ0) is 24.7. The molecule has 1 aliphatic rings. The first-order chi connectivity index (χ1) is 16.9. The molecule has 2 aromatic carbocycles. The highest BCUT2D eigenvalue weighted by Crippen LogP contribution is 2.39. The number of anilines is 1. The Morgan fingerprint density at radius 2 is 1.97 bits per heavy atom. The summed E-state index contributed by atoms with van der Waals surface area (Å²) in [6.07, 6.45) is 1.42. The largest absolute Gasteiger partial charge is 0.383 e. The number of ether oxygens (including phenoxy) is 1. The van der Waals surface area contributed by atoms with Crippen molar-refractivity contribution >= 4 is 73.2 Å². The Labute approximate surface area is 215 Å². The van der Waals surface area contributed by atoms with Gasteiger partial charge in [-0.25, -0.2) is 9.97 Å². The summed E-state index contributed by atoms with van der Waals surface area (Å²) >= 11 is 13.7. The lowest BCUT2D eigenvalue weighted by molar-refractivity contribution is -0.143. The number of carbonyl (C=O) groups excluding carboxylic acids is 2. The molecule has 2 amide bonds. The maximum atomic E-state index is 13.4. The Morgan fingerprint density at radius 3 is 2.77 bits per heavy atom. The van der Waals surface area contributed by atoms with Gasteiger partial charge in [-0.2, -0.15) is 0 Å². The van der Waals surface area contributed by atoms with Crippen LogP contribution in [0.3, 0.4) is 0 Å². The van der Waals surface area contributed by atoms with E-state index in [2.05, 4.69) is 9.97 Å². The average Bonchev–Trinajstić information content (AvgIpc) is 3.14. The zero-order valence-corrected chi connectivity index (χ0v) is 21.0. The first-order valence-corrected chi connectivity index (χ1v) is 12.4. The number of halogens is 2. The molecular formula is C24H21Cl2N5O3S. The molecule has 0 aliphatic carbocycles. The number of thiophene rings is 1. The number of amides is 2. The van der Waals surface area contributed by atoms with Crippen LogP contribution in [-0.4, -0.2) is 64.4 Å². The summed E-state index contributed by atoms with van der Waals surface area (Å²) in [6, 6.07) is 10.2. The van der Waals surface area contributed by atoms with Crippen molar-refractivity contribution in [3.63, 3.8) is 0 Å². The van der Waals surface area contributed by atoms with Gasteiger partial charge in [0.05, 0.1) is 17.1 Å². The van der Waals surface area contributed by atoms with Gasteiger partial charge < -0.3 is 20.3 Å². The van der Waals surface area contributed by atoms with Crippen molar-refractivity contribution in [1.29, 1.82) is 0 Å². The lowest BCUT2D eigenvalue weighted by Crippen LogP contribution is -2.60. The number of rotatable bonds is 5. The van der Waals surface area contributed by atoms with Gasteiger partial charge in [-0.05, 0) is 29.8 Å². The average molecular weight is 530 g/mol. The van der Waals surface area contributed by atoms with E-state index in [0.29, 0.717) is 45.9 Å². The SMILES string of the molecule is COC[C@H]1C(=O)N(Cc2ccc3c(N)ncnc3c2)CCN1C(=O)c1ccc2c(Cl)c(Cl)sc2c1. The van der Waals surface area contributed by atoms with Crippen molar-refractivity contribution in [2.45, 2.75) is 12.6 Å². The van der Waals surface area contributed by atoms with Crippen molar-refractivity contribution in [3.8, 4) is 0 Å². The van der Waals surface area contributed by atoms with Gasteiger partial charge in [-0.1, -0.05) is 35.3 Å². The fraction of sp³-hybridized carbons (Fsp3) is 0.250. The molecule has 4 aromatic rings. The van der Waals surface area contributed by atoms with E-state index in [-0.39, 0.29) is 18.4 Å². The standard InChI is InChI=1S/C24H21Cl2N5O3S/c1-34-11-18-24(33)30(10-13-2-4-15-17(8-13)28-12-29-22(15)27)6-7-31(18)23(32)14-3-5-16-19(9-14)35-21(26)20(16)25/h2-5,8-9,12,18H,6-7,10-11H2,1H3,(H2,27,28,29)/t18-/m0/s1. The van der Waals surface area contributed by atoms with Crippen LogP contribution < -0.4 is 5.73 Å². The van der Waals surface area contributed by atoms with E-state index in [9.17, 15) is 9.59 Å². The third-order valence-corrected chi connectivity index (χ3v) is 8.07. The van der Waals surface area contributed by atoms with E-state index < -0.39 is 6.04 Å². The number of carbonyl (C=O) groups is 2. The molecule has 1 saturated heterocycles. The summed E-state index contributed by atoms with van der Waals surface area (Å²) < 4.78 is 6.62. The van der Waals surface area contributed by atoms with Gasteiger partial charge in [0.25, 0.3) is 5.91 Å². The van der Waals surface area contributed by atoms with Crippen LogP contribution in [0.15, 0.2) is 42.7 Å². The van der Waals surface area contributed by atoms with Gasteiger partial charge in [0, 0.05) is 47.8 Å². The zero-order valence-electron chi connectivity index (χ0n) is 18.7. The highest BCUT2D eigenvalue weighted by Gasteiger charge is 2.38. The fourth-order valence-corrected chi connectivity index (χ4v) is 5.88. The molecule has 0 saturated carbocycles. The fourth-order valence-electron chi connectivity index (χ4n) is 4.33. The maximum Gasteiger partial charge on any atom is 0.254 e. The van der Waals surface area contributed by atoms with Gasteiger partial charge in [0.15, 0.2) is 0 Å². The maximum absolute atomic E-state index is 13.4. The van der Waals surface area contributed by atoms with E-state index >= 15 is 0 Å². The normalized spacial score (nSPS) is 16.4. The Hall–Kier alpha value is -2.98. The van der Waals surface area contributed by atoms with Gasteiger partial charge >= 0.3 is 0 Å². The molecule has 8 nitrogen and oxygen atoms in total. The third-order valence-electron chi connectivity index (χ3n) is 6.11. The monoisotopic (exact) mass is 529 g/mol. The predicted molar refractivity (Wildman–Crippen MR) is 138 cm³/mol. The molecule has 11 heteroatoms. The summed E-state index contributed by atoms with van der Waals surface area (Å²) in [6.45, 7) is 1.26. The highest BCUT2D eigenvalue weighted by atomic mass is 35.5. The molecule has 2 N–H and O–H groups in total. The summed E-state index contributed by atoms with van der Waals surface area (Å²) in [5.74, 6) is 0.00713. The number of nitrogens with zero attached hydrogens (tertiary/aromatic N) is 4. The molecule has 3 heterocycles. The molecule has 35 heavy (non-hydrogen) atoms. The van der Waals surface area contributed by atoms with Crippen LogP contribution >= 0.6 is 34.5 Å². The summed E-state index contributed by atoms with van der Waals surface area (Å²) in [4.78, 5) is 38.4. The van der Waals surface area contributed by atoms with E-state index in [1.54, 1.807) is 28.0 Å². The highest BCUT2D eigenvalue weighted by molar-refractivity contribution is 7.23. The van der Waals surface area contributed by atoms with Gasteiger partial charge in [-0.3, -0.25) is 9.59 Å². The van der Waals surface area contributed by atoms with E-state index in [1.807, 2.05) is 18.2 Å². The number of aromatic nitrogens is 2. The van der Waals surface area contributed by atoms with Gasteiger partial charge in [0.2, 0.25) is 5.91 Å². The smallest absolute Gasteiger partial charge is 0.254 e. The van der Waals surface area contributed by atoms with Crippen molar-refractivity contribution in [2.75, 3.05) is 32.5 Å². The van der Waals surface area contributed by atoms with Crippen molar-refractivity contribution in [1.82, 2.24) is 19.8 Å². The lowest BCUT2D eigenvalue weighted by Gasteiger charge is -2.40. The number of benzene rings is 2. The molecule has 0 bridgehead atoms. The molecule has 0 spiro atoms. The van der Waals surface area contributed by atoms with Crippen LogP contribution in [0.1, 0.15) is 15.9 Å². The van der Waals surface area contributed by atoms with Crippen molar-refractivity contribution in [3.05, 3.63) is 63.2 Å². The Kier molecular flexibility index (Phi) is 6.50.